The highest BCUT2D eigenvalue weighted by Gasteiger charge is 2.14. The second-order valence-corrected chi connectivity index (χ2v) is 7.81. The van der Waals surface area contributed by atoms with E-state index in [1.165, 1.54) is 5.39 Å². The number of aromatic nitrogens is 4. The summed E-state index contributed by atoms with van der Waals surface area (Å²) in [5.41, 5.74) is 4.28. The Labute approximate surface area is 196 Å². The van der Waals surface area contributed by atoms with Crippen LogP contribution in [0.1, 0.15) is 0 Å². The lowest BCUT2D eigenvalue weighted by molar-refractivity contribution is 0.405. The van der Waals surface area contributed by atoms with Crippen molar-refractivity contribution in [2.45, 2.75) is 0 Å². The van der Waals surface area contributed by atoms with Gasteiger partial charge in [-0.25, -0.2) is 9.97 Å². The lowest BCUT2D eigenvalue weighted by Gasteiger charge is -2.09. The van der Waals surface area contributed by atoms with E-state index in [1.807, 2.05) is 24.3 Å². The van der Waals surface area contributed by atoms with Gasteiger partial charge in [-0.05, 0) is 41.5 Å². The van der Waals surface area contributed by atoms with E-state index >= 15 is 0 Å². The van der Waals surface area contributed by atoms with Gasteiger partial charge in [-0.2, -0.15) is 0 Å². The Morgan fingerprint density at radius 3 is 2.44 bits per heavy atom. The predicted molar refractivity (Wildman–Crippen MR) is 133 cm³/mol. The molecule has 0 amide bonds. The summed E-state index contributed by atoms with van der Waals surface area (Å²) in [6.07, 6.45) is 6.85. The highest BCUT2D eigenvalue weighted by atomic mass is 16.5. The first kappa shape index (κ1) is 19.9. The molecule has 0 aliphatic rings. The minimum atomic E-state index is 0.481. The average Bonchev–Trinajstić information content (AvgIpc) is 3.23. The molecule has 0 N–H and O–H groups in total. The van der Waals surface area contributed by atoms with Gasteiger partial charge in [0, 0.05) is 35.4 Å². The van der Waals surface area contributed by atoms with Crippen LogP contribution >= 0.6 is 0 Å². The highest BCUT2D eigenvalue weighted by Crippen LogP contribution is 2.35. The van der Waals surface area contributed by atoms with Gasteiger partial charge in [0.1, 0.15) is 11.5 Å². The number of nitrogens with zero attached hydrogens (tertiary/aromatic N) is 4. The molecule has 6 rings (SSSR count). The van der Waals surface area contributed by atoms with E-state index in [0.29, 0.717) is 17.4 Å². The number of hydrogen-bond acceptors (Lipinski definition) is 5. The molecule has 164 valence electrons. The van der Waals surface area contributed by atoms with Crippen LogP contribution < -0.4 is 9.47 Å². The number of hydrogen-bond donors (Lipinski definition) is 0. The number of fused-ring (bicyclic) bond motifs is 3. The second kappa shape index (κ2) is 8.33. The largest absolute Gasteiger partial charge is 0.497 e. The van der Waals surface area contributed by atoms with Crippen molar-refractivity contribution in [1.29, 1.82) is 0 Å². The normalized spacial score (nSPS) is 11.1. The SMILES string of the molecule is COc1ccnc(Oc2cccc(-c3ccc4c5ccccc5n(-c5cnccn5)c4c3)c2)c1. The number of rotatable bonds is 5. The Morgan fingerprint density at radius 2 is 1.56 bits per heavy atom. The second-order valence-electron chi connectivity index (χ2n) is 7.81. The standard InChI is InChI=1S/C28H20N4O2/c1-33-21-11-12-31-28(17-21)34-22-6-4-5-19(15-22)20-9-10-24-23-7-2-3-8-25(23)32(26(24)16-20)27-18-29-13-14-30-27/h2-18H,1H3. The molecular formula is C28H20N4O2. The van der Waals surface area contributed by atoms with Crippen LogP contribution in [0.2, 0.25) is 0 Å². The molecule has 0 bridgehead atoms. The maximum atomic E-state index is 6.00. The maximum absolute atomic E-state index is 6.00. The van der Waals surface area contributed by atoms with E-state index in [1.54, 1.807) is 44.0 Å². The molecule has 0 saturated heterocycles. The average molecular weight is 444 g/mol. The van der Waals surface area contributed by atoms with E-state index < -0.39 is 0 Å². The molecule has 0 radical (unpaired) electrons. The van der Waals surface area contributed by atoms with E-state index in [-0.39, 0.29) is 0 Å². The number of pyridine rings is 1. The minimum absolute atomic E-state index is 0.481. The number of methoxy groups -OCH3 is 1. The van der Waals surface area contributed by atoms with Crippen LogP contribution in [0.25, 0.3) is 38.8 Å². The van der Waals surface area contributed by atoms with Crippen LogP contribution in [0.3, 0.4) is 0 Å². The number of benzene rings is 3. The third-order valence-corrected chi connectivity index (χ3v) is 5.78. The van der Waals surface area contributed by atoms with Crippen molar-refractivity contribution in [3.05, 3.63) is 104 Å². The van der Waals surface area contributed by atoms with Crippen molar-refractivity contribution in [1.82, 2.24) is 19.5 Å². The van der Waals surface area contributed by atoms with E-state index in [4.69, 9.17) is 9.47 Å². The Bertz CT molecular complexity index is 1630. The minimum Gasteiger partial charge on any atom is -0.497 e. The predicted octanol–water partition coefficient (Wildman–Crippen LogP) is 6.44. The van der Waals surface area contributed by atoms with Crippen LogP contribution in [0, 0.1) is 0 Å². The fourth-order valence-corrected chi connectivity index (χ4v) is 4.24. The summed E-state index contributed by atoms with van der Waals surface area (Å²) in [6.45, 7) is 0. The highest BCUT2D eigenvalue weighted by molar-refractivity contribution is 6.10. The van der Waals surface area contributed by atoms with Gasteiger partial charge >= 0.3 is 0 Å². The van der Waals surface area contributed by atoms with Crippen LogP contribution in [0.5, 0.6) is 17.4 Å². The monoisotopic (exact) mass is 444 g/mol. The summed E-state index contributed by atoms with van der Waals surface area (Å²) in [4.78, 5) is 13.1. The quantitative estimate of drug-likeness (QED) is 0.306. The lowest BCUT2D eigenvalue weighted by atomic mass is 10.0. The molecular weight excluding hydrogens is 424 g/mol. The van der Waals surface area contributed by atoms with Crippen molar-refractivity contribution in [2.24, 2.45) is 0 Å². The van der Waals surface area contributed by atoms with Crippen molar-refractivity contribution < 1.29 is 9.47 Å². The summed E-state index contributed by atoms with van der Waals surface area (Å²) in [7, 11) is 1.62. The first-order valence-corrected chi connectivity index (χ1v) is 10.9. The van der Waals surface area contributed by atoms with E-state index in [2.05, 4.69) is 62.0 Å². The van der Waals surface area contributed by atoms with Gasteiger partial charge in [-0.15, -0.1) is 0 Å². The molecule has 0 fully saturated rings. The van der Waals surface area contributed by atoms with Crippen molar-refractivity contribution in [3.8, 4) is 34.3 Å². The van der Waals surface area contributed by atoms with Crippen LogP contribution in [0.4, 0.5) is 0 Å². The number of para-hydroxylation sites is 1. The van der Waals surface area contributed by atoms with Gasteiger partial charge in [-0.1, -0.05) is 42.5 Å². The molecule has 6 nitrogen and oxygen atoms in total. The molecule has 3 heterocycles. The summed E-state index contributed by atoms with van der Waals surface area (Å²) in [5.74, 6) is 2.66. The summed E-state index contributed by atoms with van der Waals surface area (Å²) in [6, 6.07) is 26.4. The zero-order valence-corrected chi connectivity index (χ0v) is 18.4. The van der Waals surface area contributed by atoms with Crippen molar-refractivity contribution in [3.63, 3.8) is 0 Å². The summed E-state index contributed by atoms with van der Waals surface area (Å²) < 4.78 is 13.4. The fourth-order valence-electron chi connectivity index (χ4n) is 4.24. The molecule has 0 aliphatic carbocycles. The third-order valence-electron chi connectivity index (χ3n) is 5.78. The number of ether oxygens (including phenoxy) is 2. The molecule has 0 saturated carbocycles. The van der Waals surface area contributed by atoms with E-state index in [9.17, 15) is 0 Å². The van der Waals surface area contributed by atoms with Crippen molar-refractivity contribution in [2.75, 3.05) is 7.11 Å². The van der Waals surface area contributed by atoms with Crippen molar-refractivity contribution >= 4 is 21.8 Å². The first-order valence-electron chi connectivity index (χ1n) is 10.9. The molecule has 6 aromatic rings. The third kappa shape index (κ3) is 3.51. The first-order chi connectivity index (χ1) is 16.8. The molecule has 6 heteroatoms. The Hall–Kier alpha value is -4.71. The fraction of sp³-hybridized carbons (Fsp3) is 0.0357. The molecule has 0 aliphatic heterocycles. The van der Waals surface area contributed by atoms with Gasteiger partial charge in [0.05, 0.1) is 24.3 Å². The van der Waals surface area contributed by atoms with Gasteiger partial charge in [0.15, 0.2) is 5.82 Å². The molecule has 0 spiro atoms. The molecule has 3 aromatic heterocycles. The Balaban J connectivity index is 1.46. The molecule has 3 aromatic carbocycles. The van der Waals surface area contributed by atoms with Crippen LogP contribution in [0.15, 0.2) is 104 Å². The molecule has 0 atom stereocenters. The van der Waals surface area contributed by atoms with E-state index in [0.717, 1.165) is 33.4 Å². The Morgan fingerprint density at radius 1 is 0.676 bits per heavy atom. The summed E-state index contributed by atoms with van der Waals surface area (Å²) >= 11 is 0. The smallest absolute Gasteiger partial charge is 0.222 e. The molecule has 0 unspecified atom stereocenters. The summed E-state index contributed by atoms with van der Waals surface area (Å²) in [5, 5.41) is 2.34. The Kier molecular flexibility index (Phi) is 4.88. The van der Waals surface area contributed by atoms with Gasteiger partial charge in [0.2, 0.25) is 5.88 Å². The molecule has 34 heavy (non-hydrogen) atoms. The lowest BCUT2D eigenvalue weighted by Crippen LogP contribution is -1.97. The van der Waals surface area contributed by atoms with Gasteiger partial charge in [-0.3, -0.25) is 9.55 Å². The zero-order chi connectivity index (χ0) is 22.9. The zero-order valence-electron chi connectivity index (χ0n) is 18.4. The topological polar surface area (TPSA) is 62.1 Å². The van der Waals surface area contributed by atoms with Crippen LogP contribution in [-0.4, -0.2) is 26.6 Å². The van der Waals surface area contributed by atoms with Gasteiger partial charge in [0.25, 0.3) is 0 Å². The van der Waals surface area contributed by atoms with Crippen LogP contribution in [-0.2, 0) is 0 Å². The maximum Gasteiger partial charge on any atom is 0.222 e. The van der Waals surface area contributed by atoms with Gasteiger partial charge < -0.3 is 9.47 Å².